The van der Waals surface area contributed by atoms with Crippen LogP contribution in [-0.4, -0.2) is 49.8 Å². The van der Waals surface area contributed by atoms with Crippen molar-refractivity contribution >= 4 is 5.91 Å². The van der Waals surface area contributed by atoms with Gasteiger partial charge >= 0.3 is 6.18 Å². The molecule has 4 rings (SSSR count). The first kappa shape index (κ1) is 28.7. The Morgan fingerprint density at radius 1 is 1.14 bits per heavy atom. The molecule has 36 heavy (non-hydrogen) atoms. The van der Waals surface area contributed by atoms with E-state index >= 15 is 0 Å². The number of nitrogens with zero attached hydrogens (tertiary/aromatic N) is 2. The van der Waals surface area contributed by atoms with Crippen molar-refractivity contribution in [3.63, 3.8) is 0 Å². The Balaban J connectivity index is 0.000000840. The highest BCUT2D eigenvalue weighted by atomic mass is 19.4. The third-order valence-electron chi connectivity index (χ3n) is 7.78. The Bertz CT molecular complexity index is 863. The van der Waals surface area contributed by atoms with Gasteiger partial charge in [-0.3, -0.25) is 9.63 Å². The minimum atomic E-state index is -4.47. The number of pyridine rings is 1. The number of halogens is 3. The maximum atomic E-state index is 13.3. The SMILES string of the molecule is CCCC.COC1CCCCC1N[C@@H]1CCC(C(=O)N2CCc3c(cc(C(F)(F)F)c[n+]3OC)C2)C1. The lowest BCUT2D eigenvalue weighted by atomic mass is 9.91. The number of aromatic nitrogens is 1. The fraction of sp³-hybridized carbons (Fsp3) is 0.778. The second kappa shape index (κ2) is 13.1. The van der Waals surface area contributed by atoms with E-state index in [0.717, 1.165) is 44.4 Å². The van der Waals surface area contributed by atoms with Gasteiger partial charge in [0.1, 0.15) is 12.7 Å². The van der Waals surface area contributed by atoms with Gasteiger partial charge in [-0.25, -0.2) is 0 Å². The van der Waals surface area contributed by atoms with Gasteiger partial charge in [0.05, 0.1) is 19.1 Å². The lowest BCUT2D eigenvalue weighted by Crippen LogP contribution is -2.51. The van der Waals surface area contributed by atoms with E-state index in [2.05, 4.69) is 19.2 Å². The highest BCUT2D eigenvalue weighted by Crippen LogP contribution is 2.33. The predicted molar refractivity (Wildman–Crippen MR) is 131 cm³/mol. The summed E-state index contributed by atoms with van der Waals surface area (Å²) in [5.74, 6) is -0.0350. The average molecular weight is 515 g/mol. The number of carbonyl (C=O) groups excluding carboxylic acids is 1. The molecule has 3 unspecified atom stereocenters. The van der Waals surface area contributed by atoms with Crippen LogP contribution in [0.1, 0.15) is 88.5 Å². The molecule has 2 fully saturated rings. The number of hydrogen-bond acceptors (Lipinski definition) is 4. The number of alkyl halides is 3. The summed E-state index contributed by atoms with van der Waals surface area (Å²) in [5.41, 5.74) is 0.426. The smallest absolute Gasteiger partial charge is 0.380 e. The van der Waals surface area contributed by atoms with Crippen LogP contribution in [0.3, 0.4) is 0 Å². The number of methoxy groups -OCH3 is 1. The highest BCUT2D eigenvalue weighted by molar-refractivity contribution is 5.79. The van der Waals surface area contributed by atoms with E-state index in [9.17, 15) is 18.0 Å². The Morgan fingerprint density at radius 3 is 2.50 bits per heavy atom. The zero-order chi connectivity index (χ0) is 26.3. The molecule has 204 valence electrons. The normalized spacial score (nSPS) is 26.1. The second-order valence-corrected chi connectivity index (χ2v) is 10.3. The maximum absolute atomic E-state index is 13.3. The van der Waals surface area contributed by atoms with Crippen LogP contribution in [0.2, 0.25) is 0 Å². The molecule has 2 heterocycles. The molecule has 0 saturated heterocycles. The lowest BCUT2D eigenvalue weighted by molar-refractivity contribution is -0.891. The molecule has 0 spiro atoms. The Hall–Kier alpha value is -1.87. The zero-order valence-corrected chi connectivity index (χ0v) is 22.2. The van der Waals surface area contributed by atoms with E-state index in [1.165, 1.54) is 37.5 Å². The van der Waals surface area contributed by atoms with Crippen LogP contribution >= 0.6 is 0 Å². The molecule has 0 aromatic carbocycles. The highest BCUT2D eigenvalue weighted by Gasteiger charge is 2.40. The van der Waals surface area contributed by atoms with Crippen molar-refractivity contribution in [2.45, 2.75) is 109 Å². The van der Waals surface area contributed by atoms with Crippen molar-refractivity contribution in [2.75, 3.05) is 20.8 Å². The van der Waals surface area contributed by atoms with Crippen molar-refractivity contribution in [1.29, 1.82) is 0 Å². The minimum absolute atomic E-state index is 0.0493. The minimum Gasteiger partial charge on any atom is -0.380 e. The molecular formula is C27H43F3N3O3+. The summed E-state index contributed by atoms with van der Waals surface area (Å²) in [5, 5.41) is 3.72. The number of nitrogens with one attached hydrogen (secondary N) is 1. The topological polar surface area (TPSA) is 54.7 Å². The average Bonchev–Trinajstić information content (AvgIpc) is 3.35. The standard InChI is InChI=1S/C23H33F3N3O3.C4H10/c1-31-21-6-4-3-5-19(21)27-18-8-7-15(12-18)22(30)28-10-9-20-16(13-28)11-17(23(24,25)26)14-29(20)32-2;1-3-4-2/h11,14-15,18-19,21,27H,3-10,12-13H2,1-2H3;3-4H2,1-2H3/q+1;/t15?,18-,19?,21?;/m1./s1. The van der Waals surface area contributed by atoms with Gasteiger partial charge in [-0.15, -0.1) is 0 Å². The van der Waals surface area contributed by atoms with Crippen molar-refractivity contribution in [3.05, 3.63) is 29.1 Å². The number of ether oxygens (including phenoxy) is 1. The van der Waals surface area contributed by atoms with Gasteiger partial charge in [-0.1, -0.05) is 39.5 Å². The number of unbranched alkanes of at least 4 members (excludes halogenated alkanes) is 1. The Morgan fingerprint density at radius 2 is 1.86 bits per heavy atom. The fourth-order valence-corrected chi connectivity index (χ4v) is 5.58. The molecule has 1 amide bonds. The van der Waals surface area contributed by atoms with Gasteiger partial charge in [0.15, 0.2) is 0 Å². The van der Waals surface area contributed by atoms with Gasteiger partial charge in [0, 0.05) is 42.0 Å². The maximum Gasteiger partial charge on any atom is 0.422 e. The predicted octanol–water partition coefficient (Wildman–Crippen LogP) is 4.46. The quantitative estimate of drug-likeness (QED) is 0.570. The van der Waals surface area contributed by atoms with Crippen LogP contribution in [0.4, 0.5) is 13.2 Å². The first-order chi connectivity index (χ1) is 17.2. The molecule has 1 N–H and O–H groups in total. The van der Waals surface area contributed by atoms with Crippen molar-refractivity contribution in [3.8, 4) is 0 Å². The van der Waals surface area contributed by atoms with Gasteiger partial charge in [-0.2, -0.15) is 13.2 Å². The molecular weight excluding hydrogens is 471 g/mol. The van der Waals surface area contributed by atoms with E-state index in [0.29, 0.717) is 30.3 Å². The zero-order valence-electron chi connectivity index (χ0n) is 22.2. The van der Waals surface area contributed by atoms with Gasteiger partial charge in [0.2, 0.25) is 17.8 Å². The van der Waals surface area contributed by atoms with Crippen LogP contribution in [0.15, 0.2) is 12.3 Å². The molecule has 1 aromatic heterocycles. The second-order valence-electron chi connectivity index (χ2n) is 10.3. The Kier molecular flexibility index (Phi) is 10.4. The molecule has 0 bridgehead atoms. The molecule has 4 atom stereocenters. The summed E-state index contributed by atoms with van der Waals surface area (Å²) in [6, 6.07) is 1.77. The number of carbonyl (C=O) groups is 1. The first-order valence-electron chi connectivity index (χ1n) is 13.5. The Labute approximate surface area is 213 Å². The van der Waals surface area contributed by atoms with Crippen LogP contribution < -0.4 is 14.9 Å². The van der Waals surface area contributed by atoms with E-state index in [1.807, 2.05) is 0 Å². The van der Waals surface area contributed by atoms with Crippen LogP contribution in [0, 0.1) is 5.92 Å². The summed E-state index contributed by atoms with van der Waals surface area (Å²) in [4.78, 5) is 20.1. The van der Waals surface area contributed by atoms with E-state index < -0.39 is 11.7 Å². The third-order valence-corrected chi connectivity index (χ3v) is 7.78. The molecule has 2 aliphatic carbocycles. The first-order valence-corrected chi connectivity index (χ1v) is 13.5. The molecule has 3 aliphatic rings. The number of amides is 1. The monoisotopic (exact) mass is 514 g/mol. The fourth-order valence-electron chi connectivity index (χ4n) is 5.58. The van der Waals surface area contributed by atoms with E-state index in [4.69, 9.17) is 9.57 Å². The molecule has 9 heteroatoms. The number of rotatable bonds is 6. The van der Waals surface area contributed by atoms with Gasteiger partial charge in [0.25, 0.3) is 0 Å². The van der Waals surface area contributed by atoms with Crippen LogP contribution in [0.5, 0.6) is 0 Å². The van der Waals surface area contributed by atoms with E-state index in [-0.39, 0.29) is 30.5 Å². The number of fused-ring (bicyclic) bond motifs is 1. The molecule has 6 nitrogen and oxygen atoms in total. The molecule has 1 aliphatic heterocycles. The lowest BCUT2D eigenvalue weighted by Gasteiger charge is -2.33. The van der Waals surface area contributed by atoms with Crippen LogP contribution in [0.25, 0.3) is 0 Å². The van der Waals surface area contributed by atoms with Crippen molar-refractivity contribution in [2.24, 2.45) is 5.92 Å². The summed E-state index contributed by atoms with van der Waals surface area (Å²) >= 11 is 0. The summed E-state index contributed by atoms with van der Waals surface area (Å²) in [7, 11) is 3.11. The summed E-state index contributed by atoms with van der Waals surface area (Å²) in [6.45, 7) is 5.04. The molecule has 1 aromatic rings. The van der Waals surface area contributed by atoms with Crippen molar-refractivity contribution in [1.82, 2.24) is 10.2 Å². The number of hydrogen-bond donors (Lipinski definition) is 1. The van der Waals surface area contributed by atoms with Crippen LogP contribution in [-0.2, 0) is 28.7 Å². The van der Waals surface area contributed by atoms with Crippen molar-refractivity contribution < 1.29 is 32.3 Å². The third kappa shape index (κ3) is 7.12. The van der Waals surface area contributed by atoms with Gasteiger partial charge < -0.3 is 15.0 Å². The van der Waals surface area contributed by atoms with E-state index in [1.54, 1.807) is 12.0 Å². The summed E-state index contributed by atoms with van der Waals surface area (Å²) in [6.07, 6.45) is 6.92. The molecule has 2 saturated carbocycles. The molecule has 0 radical (unpaired) electrons. The van der Waals surface area contributed by atoms with Gasteiger partial charge in [-0.05, 0) is 38.2 Å². The summed E-state index contributed by atoms with van der Waals surface area (Å²) < 4.78 is 46.7. The largest absolute Gasteiger partial charge is 0.422 e.